The van der Waals surface area contributed by atoms with E-state index in [-0.39, 0.29) is 11.0 Å². The van der Waals surface area contributed by atoms with Crippen LogP contribution in [0.15, 0.2) is 0 Å². The lowest BCUT2D eigenvalue weighted by Crippen LogP contribution is -2.59. The van der Waals surface area contributed by atoms with E-state index in [0.717, 1.165) is 12.2 Å². The molecule has 2 fully saturated rings. The summed E-state index contributed by atoms with van der Waals surface area (Å²) in [5.41, 5.74) is -0.160. The summed E-state index contributed by atoms with van der Waals surface area (Å²) in [6.07, 6.45) is 3.65. The summed E-state index contributed by atoms with van der Waals surface area (Å²) < 4.78 is 0. The van der Waals surface area contributed by atoms with Crippen molar-refractivity contribution in [3.63, 3.8) is 0 Å². The highest BCUT2D eigenvalue weighted by atomic mass is 32.2. The maximum absolute atomic E-state index is 9.43. The second kappa shape index (κ2) is 3.43. The Bertz CT molecular complexity index is 265. The largest absolute Gasteiger partial charge is 0.295 e. The summed E-state index contributed by atoms with van der Waals surface area (Å²) in [6.45, 7) is 4.46. The number of nitriles is 1. The quantitative estimate of drug-likeness (QED) is 0.758. The van der Waals surface area contributed by atoms with Crippen LogP contribution in [0.2, 0.25) is 0 Å². The fourth-order valence-electron chi connectivity index (χ4n) is 1.99. The van der Waals surface area contributed by atoms with Gasteiger partial charge in [0.1, 0.15) is 5.54 Å². The van der Waals surface area contributed by atoms with E-state index >= 15 is 0 Å². The standard InChI is InChI=1S/C11H18N2S/c1-10(2)5-6-14-8-11(10,7-12)13-9-3-4-9/h9,13H,3-6,8H2,1-2H3. The minimum atomic E-state index is -0.281. The number of hydrogen-bond acceptors (Lipinski definition) is 3. The van der Waals surface area contributed by atoms with Crippen LogP contribution in [-0.4, -0.2) is 23.1 Å². The molecular weight excluding hydrogens is 192 g/mol. The van der Waals surface area contributed by atoms with Crippen LogP contribution < -0.4 is 5.32 Å². The van der Waals surface area contributed by atoms with Crippen molar-refractivity contribution in [2.75, 3.05) is 11.5 Å². The molecule has 1 aliphatic heterocycles. The molecule has 14 heavy (non-hydrogen) atoms. The lowest BCUT2D eigenvalue weighted by atomic mass is 9.71. The molecule has 1 aliphatic carbocycles. The SMILES string of the molecule is CC1(C)CCSCC1(C#N)NC1CC1. The van der Waals surface area contributed by atoms with Gasteiger partial charge in [-0.3, -0.25) is 5.32 Å². The molecule has 1 unspecified atom stereocenters. The van der Waals surface area contributed by atoms with E-state index in [1.807, 2.05) is 11.8 Å². The topological polar surface area (TPSA) is 35.8 Å². The minimum Gasteiger partial charge on any atom is -0.295 e. The highest BCUT2D eigenvalue weighted by molar-refractivity contribution is 7.99. The van der Waals surface area contributed by atoms with Gasteiger partial charge in [-0.1, -0.05) is 13.8 Å². The number of thioether (sulfide) groups is 1. The molecule has 0 bridgehead atoms. The van der Waals surface area contributed by atoms with Gasteiger partial charge in [0.15, 0.2) is 0 Å². The van der Waals surface area contributed by atoms with Gasteiger partial charge in [-0.2, -0.15) is 17.0 Å². The summed E-state index contributed by atoms with van der Waals surface area (Å²) in [7, 11) is 0. The zero-order valence-corrected chi connectivity index (χ0v) is 9.78. The Morgan fingerprint density at radius 1 is 1.43 bits per heavy atom. The number of nitrogens with zero attached hydrogens (tertiary/aromatic N) is 1. The Morgan fingerprint density at radius 2 is 2.14 bits per heavy atom. The van der Waals surface area contributed by atoms with E-state index in [1.54, 1.807) is 0 Å². The van der Waals surface area contributed by atoms with Gasteiger partial charge in [-0.05, 0) is 30.4 Å². The Kier molecular flexibility index (Phi) is 2.53. The number of nitrogens with one attached hydrogen (secondary N) is 1. The van der Waals surface area contributed by atoms with E-state index in [4.69, 9.17) is 0 Å². The Hall–Kier alpha value is -0.200. The fraction of sp³-hybridized carbons (Fsp3) is 0.909. The zero-order valence-electron chi connectivity index (χ0n) is 8.97. The molecule has 78 valence electrons. The van der Waals surface area contributed by atoms with E-state index < -0.39 is 0 Å². The second-order valence-electron chi connectivity index (χ2n) is 5.12. The van der Waals surface area contributed by atoms with E-state index in [1.165, 1.54) is 18.6 Å². The molecule has 1 saturated carbocycles. The molecule has 1 N–H and O–H groups in total. The average molecular weight is 210 g/mol. The van der Waals surface area contributed by atoms with Crippen molar-refractivity contribution in [3.05, 3.63) is 0 Å². The van der Waals surface area contributed by atoms with Crippen LogP contribution in [0.1, 0.15) is 33.1 Å². The van der Waals surface area contributed by atoms with Crippen molar-refractivity contribution < 1.29 is 0 Å². The molecule has 0 radical (unpaired) electrons. The van der Waals surface area contributed by atoms with Crippen LogP contribution in [0.4, 0.5) is 0 Å². The van der Waals surface area contributed by atoms with Crippen molar-refractivity contribution in [1.82, 2.24) is 5.32 Å². The summed E-state index contributed by atoms with van der Waals surface area (Å²) in [4.78, 5) is 0. The predicted molar refractivity (Wildman–Crippen MR) is 60.2 cm³/mol. The summed E-state index contributed by atoms with van der Waals surface area (Å²) in [5, 5.41) is 13.0. The maximum Gasteiger partial charge on any atom is 0.121 e. The first-order chi connectivity index (χ1) is 6.60. The predicted octanol–water partition coefficient (Wildman–Crippen LogP) is 2.16. The Balaban J connectivity index is 2.17. The molecule has 3 heteroatoms. The van der Waals surface area contributed by atoms with Crippen molar-refractivity contribution >= 4 is 11.8 Å². The monoisotopic (exact) mass is 210 g/mol. The molecule has 0 aromatic heterocycles. The van der Waals surface area contributed by atoms with Gasteiger partial charge >= 0.3 is 0 Å². The second-order valence-corrected chi connectivity index (χ2v) is 6.23. The smallest absolute Gasteiger partial charge is 0.121 e. The van der Waals surface area contributed by atoms with Crippen molar-refractivity contribution in [1.29, 1.82) is 5.26 Å². The summed E-state index contributed by atoms with van der Waals surface area (Å²) >= 11 is 1.91. The zero-order chi connectivity index (χ0) is 10.2. The molecule has 0 spiro atoms. The van der Waals surface area contributed by atoms with E-state index in [0.29, 0.717) is 6.04 Å². The van der Waals surface area contributed by atoms with Crippen LogP contribution in [0.3, 0.4) is 0 Å². The molecule has 0 amide bonds. The van der Waals surface area contributed by atoms with Gasteiger partial charge in [-0.25, -0.2) is 0 Å². The van der Waals surface area contributed by atoms with Crippen LogP contribution in [-0.2, 0) is 0 Å². The first-order valence-electron chi connectivity index (χ1n) is 5.36. The molecule has 2 aliphatic rings. The third-order valence-corrected chi connectivity index (χ3v) is 4.69. The summed E-state index contributed by atoms with van der Waals surface area (Å²) in [5.74, 6) is 2.15. The highest BCUT2D eigenvalue weighted by Gasteiger charge is 2.49. The lowest BCUT2D eigenvalue weighted by molar-refractivity contribution is 0.181. The van der Waals surface area contributed by atoms with Crippen LogP contribution in [0.5, 0.6) is 0 Å². The third kappa shape index (κ3) is 1.66. The van der Waals surface area contributed by atoms with Gasteiger partial charge in [-0.15, -0.1) is 0 Å². The van der Waals surface area contributed by atoms with Gasteiger partial charge in [0.05, 0.1) is 6.07 Å². The molecule has 1 saturated heterocycles. The van der Waals surface area contributed by atoms with E-state index in [9.17, 15) is 5.26 Å². The number of rotatable bonds is 2. The van der Waals surface area contributed by atoms with E-state index in [2.05, 4.69) is 25.2 Å². The van der Waals surface area contributed by atoms with Crippen LogP contribution in [0, 0.1) is 16.7 Å². The maximum atomic E-state index is 9.43. The normalized spacial score (nSPS) is 36.4. The molecule has 0 aromatic carbocycles. The number of hydrogen-bond donors (Lipinski definition) is 1. The first-order valence-corrected chi connectivity index (χ1v) is 6.52. The van der Waals surface area contributed by atoms with Gasteiger partial charge in [0.25, 0.3) is 0 Å². The van der Waals surface area contributed by atoms with Crippen LogP contribution >= 0.6 is 11.8 Å². The molecule has 2 nitrogen and oxygen atoms in total. The van der Waals surface area contributed by atoms with Crippen molar-refractivity contribution in [3.8, 4) is 6.07 Å². The summed E-state index contributed by atoms with van der Waals surface area (Å²) in [6, 6.07) is 3.17. The fourth-order valence-corrected chi connectivity index (χ4v) is 3.63. The third-order valence-electron chi connectivity index (χ3n) is 3.56. The first kappa shape index (κ1) is 10.3. The Labute approximate surface area is 90.4 Å². The van der Waals surface area contributed by atoms with Gasteiger partial charge in [0, 0.05) is 11.8 Å². The minimum absolute atomic E-state index is 0.121. The molecular formula is C11H18N2S. The van der Waals surface area contributed by atoms with Crippen molar-refractivity contribution in [2.45, 2.75) is 44.7 Å². The average Bonchev–Trinajstić information content (AvgIpc) is 2.92. The van der Waals surface area contributed by atoms with Gasteiger partial charge in [0.2, 0.25) is 0 Å². The lowest BCUT2D eigenvalue weighted by Gasteiger charge is -2.45. The molecule has 2 rings (SSSR count). The highest BCUT2D eigenvalue weighted by Crippen LogP contribution is 2.43. The molecule has 1 atom stereocenters. The van der Waals surface area contributed by atoms with Crippen LogP contribution in [0.25, 0.3) is 0 Å². The Morgan fingerprint density at radius 3 is 2.64 bits per heavy atom. The van der Waals surface area contributed by atoms with Gasteiger partial charge < -0.3 is 0 Å². The van der Waals surface area contributed by atoms with Crippen molar-refractivity contribution in [2.24, 2.45) is 5.41 Å². The molecule has 1 heterocycles. The molecule has 0 aromatic rings.